The van der Waals surface area contributed by atoms with Gasteiger partial charge in [-0.1, -0.05) is 142 Å². The molecular formula is C49H63N3. The van der Waals surface area contributed by atoms with Crippen molar-refractivity contribution < 1.29 is 0 Å². The highest BCUT2D eigenvalue weighted by molar-refractivity contribution is 5.84. The summed E-state index contributed by atoms with van der Waals surface area (Å²) in [6.07, 6.45) is 20.9. The zero-order valence-electron chi connectivity index (χ0n) is 33.7. The highest BCUT2D eigenvalue weighted by Gasteiger charge is 2.16. The van der Waals surface area contributed by atoms with E-state index in [1.54, 1.807) is 6.08 Å². The Morgan fingerprint density at radius 3 is 2.04 bits per heavy atom. The number of hydrogen-bond acceptors (Lipinski definition) is 3. The summed E-state index contributed by atoms with van der Waals surface area (Å²) in [6.45, 7) is 31.9. The second kappa shape index (κ2) is 24.1. The van der Waals surface area contributed by atoms with Crippen molar-refractivity contribution in [3.63, 3.8) is 0 Å². The van der Waals surface area contributed by atoms with Gasteiger partial charge in [-0.25, -0.2) is 0 Å². The number of nitrogens with one attached hydrogen (secondary N) is 1. The largest absolute Gasteiger partial charge is 0.354 e. The summed E-state index contributed by atoms with van der Waals surface area (Å²) in [5, 5.41) is 13.4. The van der Waals surface area contributed by atoms with E-state index in [0.717, 1.165) is 80.9 Å². The fourth-order valence-corrected chi connectivity index (χ4v) is 6.19. The molecule has 1 aromatic heterocycles. The van der Waals surface area contributed by atoms with E-state index >= 15 is 0 Å². The number of aromatic nitrogens is 1. The number of nitrogens with zero attached hydrogens (tertiary/aromatic N) is 2. The third-order valence-corrected chi connectivity index (χ3v) is 9.06. The number of rotatable bonds is 14. The summed E-state index contributed by atoms with van der Waals surface area (Å²) in [4.78, 5) is 4.79. The van der Waals surface area contributed by atoms with Crippen molar-refractivity contribution in [3.05, 3.63) is 136 Å². The third kappa shape index (κ3) is 12.3. The Morgan fingerprint density at radius 2 is 1.48 bits per heavy atom. The van der Waals surface area contributed by atoms with Gasteiger partial charge in [-0.15, -0.1) is 12.8 Å². The number of allylic oxidation sites excluding steroid dienone is 1. The van der Waals surface area contributed by atoms with Crippen LogP contribution in [-0.2, 0) is 19.3 Å². The smallest absolute Gasteiger partial charge is 0.0994 e. The number of hydrogen-bond donors (Lipinski definition) is 1. The first kappa shape index (κ1) is 44.9. The maximum atomic E-state index is 9.82. The number of nitriles is 1. The molecule has 0 aliphatic heterocycles. The number of aryl methyl sites for hydroxylation is 3. The van der Waals surface area contributed by atoms with Crippen LogP contribution in [0.25, 0.3) is 28.5 Å². The lowest BCUT2D eigenvalue weighted by Gasteiger charge is -2.19. The second-order valence-corrected chi connectivity index (χ2v) is 12.7. The van der Waals surface area contributed by atoms with Gasteiger partial charge in [0.1, 0.15) is 0 Å². The second-order valence-electron chi connectivity index (χ2n) is 12.7. The van der Waals surface area contributed by atoms with Crippen LogP contribution in [0.5, 0.6) is 0 Å². The lowest BCUT2D eigenvalue weighted by Crippen LogP contribution is -2.06. The molecule has 52 heavy (non-hydrogen) atoms. The van der Waals surface area contributed by atoms with E-state index < -0.39 is 0 Å². The molecule has 0 saturated carbocycles. The van der Waals surface area contributed by atoms with Crippen LogP contribution < -0.4 is 5.32 Å². The van der Waals surface area contributed by atoms with Crippen LogP contribution in [0.3, 0.4) is 0 Å². The van der Waals surface area contributed by atoms with Crippen LogP contribution in [-0.4, -0.2) is 4.98 Å². The van der Waals surface area contributed by atoms with E-state index in [-0.39, 0.29) is 0 Å². The molecule has 3 aromatic carbocycles. The molecule has 1 heterocycles. The van der Waals surface area contributed by atoms with Crippen molar-refractivity contribution in [1.29, 1.82) is 5.26 Å². The highest BCUT2D eigenvalue weighted by Crippen LogP contribution is 2.36. The number of benzene rings is 3. The predicted octanol–water partition coefficient (Wildman–Crippen LogP) is 13.9. The molecule has 0 fully saturated rings. The minimum absolute atomic E-state index is 0.612. The van der Waals surface area contributed by atoms with Crippen LogP contribution in [0, 0.1) is 44.9 Å². The summed E-state index contributed by atoms with van der Waals surface area (Å²) >= 11 is 0. The molecule has 0 aliphatic carbocycles. The van der Waals surface area contributed by atoms with Gasteiger partial charge < -0.3 is 5.32 Å². The number of pyridine rings is 1. The van der Waals surface area contributed by atoms with E-state index in [1.807, 2.05) is 33.0 Å². The van der Waals surface area contributed by atoms with Crippen molar-refractivity contribution in [2.24, 2.45) is 0 Å². The summed E-state index contributed by atoms with van der Waals surface area (Å²) in [5.41, 5.74) is 15.7. The molecule has 0 atom stereocenters. The molecule has 3 nitrogen and oxygen atoms in total. The number of unbranched alkanes of at least 4 members (excludes halogenated alkanes) is 3. The summed E-state index contributed by atoms with van der Waals surface area (Å²) in [5.74, 6) is 0. The van der Waals surface area contributed by atoms with Gasteiger partial charge in [0.15, 0.2) is 0 Å². The fourth-order valence-electron chi connectivity index (χ4n) is 6.19. The first-order valence-corrected chi connectivity index (χ1v) is 18.9. The molecule has 4 rings (SSSR count). The van der Waals surface area contributed by atoms with Gasteiger partial charge in [0.05, 0.1) is 23.0 Å². The first-order valence-electron chi connectivity index (χ1n) is 18.9. The van der Waals surface area contributed by atoms with E-state index in [4.69, 9.17) is 4.98 Å². The van der Waals surface area contributed by atoms with Crippen LogP contribution >= 0.6 is 0 Å². The van der Waals surface area contributed by atoms with Crippen LogP contribution in [0.1, 0.15) is 129 Å². The Balaban J connectivity index is 0.00000121. The molecule has 0 spiro atoms. The average Bonchev–Trinajstić information content (AvgIpc) is 3.17. The summed E-state index contributed by atoms with van der Waals surface area (Å²) in [6, 6.07) is 21.4. The molecule has 0 saturated heterocycles. The summed E-state index contributed by atoms with van der Waals surface area (Å²) in [7, 11) is 0. The molecule has 1 N–H and O–H groups in total. The molecular weight excluding hydrogens is 631 g/mol. The van der Waals surface area contributed by atoms with Crippen LogP contribution in [0.4, 0.5) is 5.69 Å². The first-order chi connectivity index (χ1) is 25.1. The standard InChI is InChI=1S/C39H41N3.C6H14.C2H6.C2H2/c1-9-14-32-22-31(11-3)24-41-39(32)29(8)42-38-18-13-17-36(28(38)7)35-16-12-15-34(27(35)6)26(5)20-37-25(4)19-30(10-2)21-33(37)23-40;1-3-5-6-4-2;2*1-2/h10,12-13,15-19,21-22,24,42H,2,5,8-9,11,14,20H2,1,3-4,6-7H3;3-6H2,1-2H3;1-2H3;1-2H. The molecule has 0 radical (unpaired) electrons. The van der Waals surface area contributed by atoms with Gasteiger partial charge >= 0.3 is 0 Å². The van der Waals surface area contributed by atoms with Gasteiger partial charge in [0.25, 0.3) is 0 Å². The predicted molar refractivity (Wildman–Crippen MR) is 231 cm³/mol. The lowest BCUT2D eigenvalue weighted by atomic mass is 9.87. The van der Waals surface area contributed by atoms with Gasteiger partial charge in [0.2, 0.25) is 0 Å². The van der Waals surface area contributed by atoms with Crippen molar-refractivity contribution in [2.75, 3.05) is 5.32 Å². The monoisotopic (exact) mass is 694 g/mol. The van der Waals surface area contributed by atoms with Crippen molar-refractivity contribution in [2.45, 2.75) is 114 Å². The Kier molecular flexibility index (Phi) is 20.8. The Morgan fingerprint density at radius 1 is 0.865 bits per heavy atom. The fraction of sp³-hybridized carbons (Fsp3) is 0.347. The Labute approximate surface area is 317 Å². The molecule has 0 aliphatic rings. The maximum Gasteiger partial charge on any atom is 0.0994 e. The average molecular weight is 694 g/mol. The summed E-state index contributed by atoms with van der Waals surface area (Å²) < 4.78 is 0. The molecule has 4 aromatic rings. The van der Waals surface area contributed by atoms with E-state index in [1.165, 1.54) is 42.4 Å². The minimum atomic E-state index is 0.612. The van der Waals surface area contributed by atoms with E-state index in [0.29, 0.717) is 12.0 Å². The van der Waals surface area contributed by atoms with E-state index in [9.17, 15) is 5.26 Å². The lowest BCUT2D eigenvalue weighted by molar-refractivity contribution is 0.702. The van der Waals surface area contributed by atoms with Gasteiger partial charge in [-0.05, 0) is 113 Å². The highest BCUT2D eigenvalue weighted by atomic mass is 14.9. The maximum absolute atomic E-state index is 9.82. The molecule has 0 amide bonds. The zero-order valence-corrected chi connectivity index (χ0v) is 33.7. The van der Waals surface area contributed by atoms with Crippen LogP contribution in [0.15, 0.2) is 80.5 Å². The van der Waals surface area contributed by atoms with Gasteiger partial charge in [0, 0.05) is 11.9 Å². The van der Waals surface area contributed by atoms with Gasteiger partial charge in [-0.3, -0.25) is 4.98 Å². The van der Waals surface area contributed by atoms with Crippen LogP contribution in [0.2, 0.25) is 0 Å². The molecule has 3 heteroatoms. The Bertz CT molecular complexity index is 1830. The third-order valence-electron chi connectivity index (χ3n) is 9.06. The topological polar surface area (TPSA) is 48.7 Å². The SMILES string of the molecule is C#C.C=Cc1cc(C)c(CC(=C)c2cccc(-c3cccc(NC(=C)c4ncc(CC)cc4CCC)c3C)c2C)c(C#N)c1.CC.CCCCCC. The van der Waals surface area contributed by atoms with Gasteiger partial charge in [-0.2, -0.15) is 5.26 Å². The minimum Gasteiger partial charge on any atom is -0.354 e. The molecule has 0 unspecified atom stereocenters. The zero-order chi connectivity index (χ0) is 39.2. The number of terminal acetylenes is 1. The van der Waals surface area contributed by atoms with Crippen molar-refractivity contribution >= 4 is 23.0 Å². The normalized spacial score (nSPS) is 9.81. The molecule has 0 bridgehead atoms. The van der Waals surface area contributed by atoms with Crippen molar-refractivity contribution in [3.8, 4) is 30.0 Å². The van der Waals surface area contributed by atoms with E-state index in [2.05, 4.69) is 134 Å². The molecule has 274 valence electrons. The van der Waals surface area contributed by atoms with Crippen molar-refractivity contribution in [1.82, 2.24) is 4.98 Å². The number of anilines is 1. The Hall–Kier alpha value is -5.12. The quantitative estimate of drug-likeness (QED) is 0.106.